The van der Waals surface area contributed by atoms with Crippen LogP contribution in [0.25, 0.3) is 27.6 Å². The Labute approximate surface area is 185 Å². The highest BCUT2D eigenvalue weighted by molar-refractivity contribution is 7.05. The Hall–Kier alpha value is -2.95. The third-order valence-corrected chi connectivity index (χ3v) is 5.85. The van der Waals surface area contributed by atoms with Crippen LogP contribution in [-0.4, -0.2) is 46.3 Å². The fourth-order valence-electron chi connectivity index (χ4n) is 3.58. The molecule has 0 aliphatic heterocycles. The van der Waals surface area contributed by atoms with Gasteiger partial charge in [0.15, 0.2) is 5.65 Å². The van der Waals surface area contributed by atoms with Crippen LogP contribution in [0, 0.1) is 0 Å². The molecule has 0 saturated heterocycles. The van der Waals surface area contributed by atoms with Gasteiger partial charge in [-0.15, -0.1) is 0 Å². The number of aliphatic hydroxyl groups excluding tert-OH is 1. The lowest BCUT2D eigenvalue weighted by Gasteiger charge is -2.16. The number of aliphatic hydroxyl groups is 1. The summed E-state index contributed by atoms with van der Waals surface area (Å²) < 4.78 is 50.0. The number of carbonyl (C=O) groups excluding carboxylic acids is 1. The molecular weight excluding hydrogens is 443 g/mol. The summed E-state index contributed by atoms with van der Waals surface area (Å²) >= 11 is 1.23. The summed E-state index contributed by atoms with van der Waals surface area (Å²) in [7, 11) is 1.55. The number of rotatable bonds is 7. The van der Waals surface area contributed by atoms with Crippen molar-refractivity contribution in [3.8, 4) is 5.69 Å². The third kappa shape index (κ3) is 4.21. The second-order valence-corrected chi connectivity index (χ2v) is 7.93. The molecule has 10 heteroatoms. The maximum absolute atomic E-state index is 12.9. The number of nitrogens with one attached hydrogen (secondary N) is 1. The Morgan fingerprint density at radius 1 is 1.22 bits per heavy atom. The first-order valence-corrected chi connectivity index (χ1v) is 10.6. The summed E-state index contributed by atoms with van der Waals surface area (Å²) in [5.74, 6) is -0.333. The monoisotopic (exact) mass is 463 g/mol. The topological polar surface area (TPSA) is 76.4 Å². The second kappa shape index (κ2) is 8.89. The van der Waals surface area contributed by atoms with Gasteiger partial charge in [0.25, 0.3) is 5.91 Å². The van der Waals surface area contributed by atoms with Crippen LogP contribution in [0.3, 0.4) is 0 Å². The van der Waals surface area contributed by atoms with E-state index < -0.39 is 17.8 Å². The number of hydrogen-bond acceptors (Lipinski definition) is 5. The average molecular weight is 463 g/mol. The standard InChI is InChI=1S/C22H20F3N3O3S/c1-31-9-8-15(11-29)26-21(30)13-2-7-19-17(10-13)18-12-32-27-20(18)28(19)16-5-3-14(4-6-16)22(23,24)25/h2-7,10,12,15,29H,8-9,11H2,1H3,(H,26,30)/t15-/m0/s1. The number of hydrogen-bond donors (Lipinski definition) is 2. The number of aromatic nitrogens is 2. The van der Waals surface area contributed by atoms with Crippen molar-refractivity contribution in [2.24, 2.45) is 0 Å². The maximum atomic E-state index is 12.9. The van der Waals surface area contributed by atoms with Crippen molar-refractivity contribution >= 4 is 39.4 Å². The highest BCUT2D eigenvalue weighted by Gasteiger charge is 2.30. The lowest BCUT2D eigenvalue weighted by atomic mass is 10.1. The second-order valence-electron chi connectivity index (χ2n) is 7.30. The minimum atomic E-state index is -4.41. The molecule has 32 heavy (non-hydrogen) atoms. The van der Waals surface area contributed by atoms with Crippen molar-refractivity contribution in [3.63, 3.8) is 0 Å². The molecule has 2 aromatic carbocycles. The number of benzene rings is 2. The molecule has 2 heterocycles. The van der Waals surface area contributed by atoms with Gasteiger partial charge in [0, 0.05) is 41.1 Å². The van der Waals surface area contributed by atoms with Gasteiger partial charge in [-0.25, -0.2) is 0 Å². The number of alkyl halides is 3. The van der Waals surface area contributed by atoms with Crippen LogP contribution in [0.5, 0.6) is 0 Å². The van der Waals surface area contributed by atoms with E-state index in [2.05, 4.69) is 9.69 Å². The quantitative estimate of drug-likeness (QED) is 0.426. The zero-order valence-corrected chi connectivity index (χ0v) is 17.8. The fourth-order valence-corrected chi connectivity index (χ4v) is 4.25. The minimum absolute atomic E-state index is 0.208. The van der Waals surface area contributed by atoms with Gasteiger partial charge in [-0.05, 0) is 60.4 Å². The van der Waals surface area contributed by atoms with E-state index in [1.165, 1.54) is 23.7 Å². The summed E-state index contributed by atoms with van der Waals surface area (Å²) in [6, 6.07) is 9.58. The molecule has 0 aliphatic rings. The van der Waals surface area contributed by atoms with Crippen LogP contribution in [0.15, 0.2) is 47.8 Å². The highest BCUT2D eigenvalue weighted by Crippen LogP contribution is 2.35. The molecule has 0 unspecified atom stereocenters. The van der Waals surface area contributed by atoms with Crippen molar-refractivity contribution < 1.29 is 27.8 Å². The van der Waals surface area contributed by atoms with Crippen LogP contribution in [-0.2, 0) is 10.9 Å². The molecule has 2 N–H and O–H groups in total. The fraction of sp³-hybridized carbons (Fsp3) is 0.273. The molecule has 4 rings (SSSR count). The summed E-state index contributed by atoms with van der Waals surface area (Å²) in [6.45, 7) is 0.196. The summed E-state index contributed by atoms with van der Waals surface area (Å²) in [5, 5.41) is 15.7. The summed E-state index contributed by atoms with van der Waals surface area (Å²) in [6.07, 6.45) is -3.94. The number of methoxy groups -OCH3 is 1. The van der Waals surface area contributed by atoms with Gasteiger partial charge in [-0.2, -0.15) is 17.5 Å². The van der Waals surface area contributed by atoms with Gasteiger partial charge in [0.1, 0.15) is 0 Å². The molecule has 1 amide bonds. The zero-order valence-electron chi connectivity index (χ0n) is 17.0. The van der Waals surface area contributed by atoms with E-state index in [1.807, 2.05) is 5.38 Å². The first-order valence-electron chi connectivity index (χ1n) is 9.80. The predicted molar refractivity (Wildman–Crippen MR) is 116 cm³/mol. The molecule has 0 aliphatic carbocycles. The zero-order chi connectivity index (χ0) is 22.9. The normalized spacial score (nSPS) is 13.0. The number of carbonyl (C=O) groups is 1. The Morgan fingerprint density at radius 3 is 2.62 bits per heavy atom. The van der Waals surface area contributed by atoms with Crippen molar-refractivity contribution in [2.75, 3.05) is 20.3 Å². The number of ether oxygens (including phenoxy) is 1. The molecule has 6 nitrogen and oxygen atoms in total. The van der Waals surface area contributed by atoms with Crippen molar-refractivity contribution in [2.45, 2.75) is 18.6 Å². The smallest absolute Gasteiger partial charge is 0.394 e. The molecule has 0 fully saturated rings. The molecule has 0 radical (unpaired) electrons. The molecule has 1 atom stereocenters. The number of fused-ring (bicyclic) bond motifs is 3. The SMILES string of the molecule is COCC[C@@H](CO)NC(=O)c1ccc2c(c1)c1csnc1n2-c1ccc(C(F)(F)F)cc1. The van der Waals surface area contributed by atoms with Crippen LogP contribution in [0.4, 0.5) is 13.2 Å². The first kappa shape index (κ1) is 22.3. The Morgan fingerprint density at radius 2 is 1.97 bits per heavy atom. The van der Waals surface area contributed by atoms with E-state index in [0.29, 0.717) is 29.9 Å². The number of halogens is 3. The average Bonchev–Trinajstić information content (AvgIpc) is 3.36. The first-order chi connectivity index (χ1) is 15.3. The summed E-state index contributed by atoms with van der Waals surface area (Å²) in [4.78, 5) is 12.7. The largest absolute Gasteiger partial charge is 0.416 e. The van der Waals surface area contributed by atoms with Crippen LogP contribution < -0.4 is 5.32 Å². The molecular formula is C22H20F3N3O3S. The van der Waals surface area contributed by atoms with Gasteiger partial charge in [0.05, 0.1) is 23.7 Å². The van der Waals surface area contributed by atoms with E-state index >= 15 is 0 Å². The summed E-state index contributed by atoms with van der Waals surface area (Å²) in [5.41, 5.74) is 1.56. The Bertz CT molecular complexity index is 1250. The lowest BCUT2D eigenvalue weighted by Crippen LogP contribution is -2.38. The Kier molecular flexibility index (Phi) is 6.18. The molecule has 4 aromatic rings. The molecule has 0 bridgehead atoms. The molecule has 0 spiro atoms. The van der Waals surface area contributed by atoms with E-state index in [1.54, 1.807) is 29.9 Å². The van der Waals surface area contributed by atoms with Crippen LogP contribution in [0.2, 0.25) is 0 Å². The highest BCUT2D eigenvalue weighted by atomic mass is 32.1. The van der Waals surface area contributed by atoms with Gasteiger partial charge < -0.3 is 15.2 Å². The van der Waals surface area contributed by atoms with Crippen molar-refractivity contribution in [3.05, 3.63) is 59.0 Å². The number of nitrogens with zero attached hydrogens (tertiary/aromatic N) is 2. The minimum Gasteiger partial charge on any atom is -0.394 e. The van der Waals surface area contributed by atoms with Crippen molar-refractivity contribution in [1.29, 1.82) is 0 Å². The van der Waals surface area contributed by atoms with Crippen molar-refractivity contribution in [1.82, 2.24) is 14.3 Å². The van der Waals surface area contributed by atoms with Crippen LogP contribution in [0.1, 0.15) is 22.3 Å². The predicted octanol–water partition coefficient (Wildman–Crippen LogP) is 4.39. The lowest BCUT2D eigenvalue weighted by molar-refractivity contribution is -0.137. The maximum Gasteiger partial charge on any atom is 0.416 e. The Balaban J connectivity index is 1.72. The third-order valence-electron chi connectivity index (χ3n) is 5.23. The van der Waals surface area contributed by atoms with E-state index in [0.717, 1.165) is 28.4 Å². The van der Waals surface area contributed by atoms with Crippen LogP contribution >= 0.6 is 11.5 Å². The van der Waals surface area contributed by atoms with Gasteiger partial charge in [0.2, 0.25) is 0 Å². The van der Waals surface area contributed by atoms with E-state index in [-0.39, 0.29) is 12.5 Å². The molecule has 2 aromatic heterocycles. The van der Waals surface area contributed by atoms with Gasteiger partial charge >= 0.3 is 6.18 Å². The van der Waals surface area contributed by atoms with E-state index in [9.17, 15) is 23.1 Å². The number of amides is 1. The van der Waals surface area contributed by atoms with Gasteiger partial charge in [-0.1, -0.05) is 0 Å². The van der Waals surface area contributed by atoms with E-state index in [4.69, 9.17) is 4.74 Å². The molecule has 0 saturated carbocycles. The molecule has 168 valence electrons. The van der Waals surface area contributed by atoms with Gasteiger partial charge in [-0.3, -0.25) is 9.36 Å².